The first-order valence-electron chi connectivity index (χ1n) is 10.5. The van der Waals surface area contributed by atoms with Gasteiger partial charge in [-0.15, -0.1) is 0 Å². The van der Waals surface area contributed by atoms with E-state index in [1.54, 1.807) is 49.8 Å². The summed E-state index contributed by atoms with van der Waals surface area (Å²) in [5.74, 6) is 0.719. The lowest BCUT2D eigenvalue weighted by Crippen LogP contribution is -2.45. The van der Waals surface area contributed by atoms with Gasteiger partial charge in [0, 0.05) is 6.04 Å². The molecule has 1 aromatic carbocycles. The zero-order valence-electron chi connectivity index (χ0n) is 17.5. The van der Waals surface area contributed by atoms with Crippen LogP contribution in [0.4, 0.5) is 0 Å². The number of hydrogen-bond acceptors (Lipinski definition) is 5. The number of nitrogens with zero attached hydrogens (tertiary/aromatic N) is 1. The van der Waals surface area contributed by atoms with Gasteiger partial charge >= 0.3 is 0 Å². The summed E-state index contributed by atoms with van der Waals surface area (Å²) in [6.07, 6.45) is 7.07. The van der Waals surface area contributed by atoms with E-state index >= 15 is 0 Å². The summed E-state index contributed by atoms with van der Waals surface area (Å²) in [7, 11) is 1.57. The maximum absolute atomic E-state index is 13.5. The highest BCUT2D eigenvalue weighted by Gasteiger charge is 2.35. The Labute approximate surface area is 181 Å². The lowest BCUT2D eigenvalue weighted by molar-refractivity contribution is -0.126. The lowest BCUT2D eigenvalue weighted by Gasteiger charge is -2.31. The second-order valence-electron chi connectivity index (χ2n) is 7.66. The molecule has 1 saturated carbocycles. The molecular formula is C24H26N2O5. The molecule has 0 aliphatic heterocycles. The third-order valence-electron chi connectivity index (χ3n) is 5.57. The van der Waals surface area contributed by atoms with E-state index in [1.807, 2.05) is 12.1 Å². The van der Waals surface area contributed by atoms with Crippen LogP contribution in [0, 0.1) is 0 Å². The highest BCUT2D eigenvalue weighted by atomic mass is 16.5. The Morgan fingerprint density at radius 3 is 2.55 bits per heavy atom. The smallest absolute Gasteiger partial charge is 0.290 e. The average Bonchev–Trinajstić information content (AvgIpc) is 3.56. The van der Waals surface area contributed by atoms with Crippen molar-refractivity contribution in [2.45, 2.75) is 44.3 Å². The van der Waals surface area contributed by atoms with Crippen LogP contribution in [-0.4, -0.2) is 29.9 Å². The van der Waals surface area contributed by atoms with Crippen molar-refractivity contribution in [3.8, 4) is 5.75 Å². The van der Waals surface area contributed by atoms with Crippen LogP contribution in [0.15, 0.2) is 69.9 Å². The molecule has 1 aliphatic carbocycles. The minimum Gasteiger partial charge on any atom is -0.497 e. The molecule has 1 unspecified atom stereocenters. The van der Waals surface area contributed by atoms with Gasteiger partial charge in [0.05, 0.1) is 26.2 Å². The molecule has 3 aromatic rings. The first kappa shape index (κ1) is 20.8. The van der Waals surface area contributed by atoms with Crippen molar-refractivity contribution in [3.05, 3.63) is 78.1 Å². The third-order valence-corrected chi connectivity index (χ3v) is 5.57. The molecule has 1 fully saturated rings. The Morgan fingerprint density at radius 1 is 1.10 bits per heavy atom. The zero-order chi connectivity index (χ0) is 21.6. The summed E-state index contributed by atoms with van der Waals surface area (Å²) in [5.41, 5.74) is 0.654. The van der Waals surface area contributed by atoms with Gasteiger partial charge in [0.1, 0.15) is 17.6 Å². The third kappa shape index (κ3) is 4.82. The molecule has 7 nitrogen and oxygen atoms in total. The van der Waals surface area contributed by atoms with E-state index in [0.29, 0.717) is 17.1 Å². The summed E-state index contributed by atoms with van der Waals surface area (Å²) < 4.78 is 16.2. The molecule has 4 rings (SSSR count). The van der Waals surface area contributed by atoms with Crippen LogP contribution in [0.3, 0.4) is 0 Å². The second kappa shape index (κ2) is 9.55. The van der Waals surface area contributed by atoms with Crippen LogP contribution in [0.25, 0.3) is 0 Å². The Kier molecular flexibility index (Phi) is 6.40. The molecule has 1 atom stereocenters. The SMILES string of the molecule is COc1cccc(C(C(=O)NC2CCCC2)N(Cc2ccco2)C(=O)c2ccco2)c1. The molecule has 0 bridgehead atoms. The fourth-order valence-electron chi connectivity index (χ4n) is 4.03. The van der Waals surface area contributed by atoms with E-state index in [2.05, 4.69) is 5.32 Å². The van der Waals surface area contributed by atoms with Crippen molar-refractivity contribution in [1.82, 2.24) is 10.2 Å². The second-order valence-corrected chi connectivity index (χ2v) is 7.66. The van der Waals surface area contributed by atoms with Crippen molar-refractivity contribution in [2.75, 3.05) is 7.11 Å². The molecule has 1 aliphatic rings. The minimum atomic E-state index is -0.876. The van der Waals surface area contributed by atoms with Crippen LogP contribution < -0.4 is 10.1 Å². The summed E-state index contributed by atoms with van der Waals surface area (Å²) in [6, 6.07) is 13.2. The zero-order valence-corrected chi connectivity index (χ0v) is 17.5. The van der Waals surface area contributed by atoms with Crippen LogP contribution in [-0.2, 0) is 11.3 Å². The van der Waals surface area contributed by atoms with Crippen LogP contribution in [0.5, 0.6) is 5.75 Å². The van der Waals surface area contributed by atoms with Crippen molar-refractivity contribution in [2.24, 2.45) is 0 Å². The number of carbonyl (C=O) groups is 2. The first-order chi connectivity index (χ1) is 15.2. The van der Waals surface area contributed by atoms with E-state index in [-0.39, 0.29) is 24.3 Å². The van der Waals surface area contributed by atoms with E-state index in [9.17, 15) is 9.59 Å². The standard InChI is InChI=1S/C24H26N2O5/c1-29-19-10-4-7-17(15-19)22(23(27)25-18-8-2-3-9-18)26(16-20-11-5-13-30-20)24(28)21-12-6-14-31-21/h4-7,10-15,18,22H,2-3,8-9,16H2,1H3,(H,25,27). The van der Waals surface area contributed by atoms with Crippen molar-refractivity contribution >= 4 is 11.8 Å². The summed E-state index contributed by atoms with van der Waals surface area (Å²) in [4.78, 5) is 28.4. The number of amides is 2. The number of rotatable bonds is 8. The largest absolute Gasteiger partial charge is 0.497 e. The average molecular weight is 422 g/mol. The van der Waals surface area contributed by atoms with Gasteiger partial charge in [-0.2, -0.15) is 0 Å². The molecule has 1 N–H and O–H groups in total. The fraction of sp³-hybridized carbons (Fsp3) is 0.333. The normalized spacial score (nSPS) is 14.9. The first-order valence-corrected chi connectivity index (χ1v) is 10.5. The Balaban J connectivity index is 1.73. The van der Waals surface area contributed by atoms with Crippen LogP contribution >= 0.6 is 0 Å². The van der Waals surface area contributed by atoms with Gasteiger partial charge in [-0.25, -0.2) is 0 Å². The molecule has 162 valence electrons. The fourth-order valence-corrected chi connectivity index (χ4v) is 4.03. The van der Waals surface area contributed by atoms with Crippen molar-refractivity contribution < 1.29 is 23.2 Å². The predicted octanol–water partition coefficient (Wildman–Crippen LogP) is 4.32. The number of ether oxygens (including phenoxy) is 1. The number of furan rings is 2. The number of hydrogen-bond donors (Lipinski definition) is 1. The van der Waals surface area contributed by atoms with E-state index in [0.717, 1.165) is 25.7 Å². The van der Waals surface area contributed by atoms with E-state index < -0.39 is 11.9 Å². The van der Waals surface area contributed by atoms with Crippen LogP contribution in [0.1, 0.15) is 53.6 Å². The number of nitrogens with one attached hydrogen (secondary N) is 1. The highest BCUT2D eigenvalue weighted by Crippen LogP contribution is 2.29. The van der Waals surface area contributed by atoms with Gasteiger partial charge in [-0.05, 0) is 54.8 Å². The molecular weight excluding hydrogens is 396 g/mol. The minimum absolute atomic E-state index is 0.116. The van der Waals surface area contributed by atoms with Crippen molar-refractivity contribution in [3.63, 3.8) is 0 Å². The Bertz CT molecular complexity index is 991. The molecule has 0 radical (unpaired) electrons. The predicted molar refractivity (Wildman–Crippen MR) is 113 cm³/mol. The van der Waals surface area contributed by atoms with Gasteiger partial charge in [0.2, 0.25) is 5.91 Å². The molecule has 31 heavy (non-hydrogen) atoms. The molecule has 2 amide bonds. The quantitative estimate of drug-likeness (QED) is 0.584. The monoisotopic (exact) mass is 422 g/mol. The maximum atomic E-state index is 13.5. The highest BCUT2D eigenvalue weighted by molar-refractivity contribution is 5.96. The summed E-state index contributed by atoms with van der Waals surface area (Å²) in [6.45, 7) is 0.118. The van der Waals surface area contributed by atoms with Crippen molar-refractivity contribution in [1.29, 1.82) is 0 Å². The van der Waals surface area contributed by atoms with Gasteiger partial charge < -0.3 is 23.8 Å². The van der Waals surface area contributed by atoms with E-state index in [1.165, 1.54) is 11.2 Å². The summed E-state index contributed by atoms with van der Waals surface area (Å²) in [5, 5.41) is 3.14. The Hall–Kier alpha value is -3.48. The van der Waals surface area contributed by atoms with Crippen LogP contribution in [0.2, 0.25) is 0 Å². The van der Waals surface area contributed by atoms with Gasteiger partial charge in [-0.3, -0.25) is 9.59 Å². The number of methoxy groups -OCH3 is 1. The van der Waals surface area contributed by atoms with Gasteiger partial charge in [0.15, 0.2) is 5.76 Å². The van der Waals surface area contributed by atoms with Gasteiger partial charge in [0.25, 0.3) is 5.91 Å². The molecule has 2 heterocycles. The maximum Gasteiger partial charge on any atom is 0.290 e. The molecule has 7 heteroatoms. The number of benzene rings is 1. The van der Waals surface area contributed by atoms with E-state index in [4.69, 9.17) is 13.6 Å². The summed E-state index contributed by atoms with van der Waals surface area (Å²) >= 11 is 0. The number of carbonyl (C=O) groups excluding carboxylic acids is 2. The molecule has 0 spiro atoms. The van der Waals surface area contributed by atoms with Gasteiger partial charge in [-0.1, -0.05) is 25.0 Å². The topological polar surface area (TPSA) is 84.9 Å². The lowest BCUT2D eigenvalue weighted by atomic mass is 10.0. The molecule has 2 aromatic heterocycles. The molecule has 0 saturated heterocycles. The Morgan fingerprint density at radius 2 is 1.87 bits per heavy atom.